The van der Waals surface area contributed by atoms with Crippen molar-refractivity contribution in [1.82, 2.24) is 4.98 Å². The van der Waals surface area contributed by atoms with Crippen molar-refractivity contribution in [1.29, 1.82) is 0 Å². The van der Waals surface area contributed by atoms with Crippen LogP contribution in [0.25, 0.3) is 0 Å². The molecule has 2 N–H and O–H groups in total. The monoisotopic (exact) mass is 224 g/mol. The summed E-state index contributed by atoms with van der Waals surface area (Å²) < 4.78 is 10.7. The van der Waals surface area contributed by atoms with E-state index >= 15 is 0 Å². The van der Waals surface area contributed by atoms with Gasteiger partial charge in [0.15, 0.2) is 0 Å². The summed E-state index contributed by atoms with van der Waals surface area (Å²) in [6.07, 6.45) is -0.752. The summed E-state index contributed by atoms with van der Waals surface area (Å²) in [5.41, 5.74) is 0.757. The summed E-state index contributed by atoms with van der Waals surface area (Å²) in [7, 11) is 0. The van der Waals surface area contributed by atoms with Crippen LogP contribution in [0.1, 0.15) is 18.9 Å². The molecular formula is C11H16N2O3. The zero-order valence-electron chi connectivity index (χ0n) is 9.22. The SMILES string of the molecule is CC(O)CNc1cccc(C2OCCO2)n1. The van der Waals surface area contributed by atoms with E-state index in [-0.39, 0.29) is 6.29 Å². The van der Waals surface area contributed by atoms with Gasteiger partial charge in [0.05, 0.1) is 25.0 Å². The Balaban J connectivity index is 2.01. The van der Waals surface area contributed by atoms with Gasteiger partial charge in [-0.2, -0.15) is 0 Å². The van der Waals surface area contributed by atoms with Gasteiger partial charge in [-0.05, 0) is 19.1 Å². The van der Waals surface area contributed by atoms with Gasteiger partial charge in [0.25, 0.3) is 0 Å². The third kappa shape index (κ3) is 2.91. The first kappa shape index (κ1) is 11.3. The predicted octanol–water partition coefficient (Wildman–Crippen LogP) is 0.920. The molecule has 1 saturated heterocycles. The van der Waals surface area contributed by atoms with Crippen molar-refractivity contribution >= 4 is 5.82 Å². The van der Waals surface area contributed by atoms with Gasteiger partial charge in [-0.3, -0.25) is 0 Å². The molecule has 0 radical (unpaired) electrons. The number of ether oxygens (including phenoxy) is 2. The molecule has 0 aromatic carbocycles. The number of nitrogens with zero attached hydrogens (tertiary/aromatic N) is 1. The van der Waals surface area contributed by atoms with Crippen molar-refractivity contribution in [2.24, 2.45) is 0 Å². The summed E-state index contributed by atoms with van der Waals surface area (Å²) in [5, 5.41) is 12.2. The number of aliphatic hydroxyl groups excluding tert-OH is 1. The molecule has 0 spiro atoms. The van der Waals surface area contributed by atoms with Crippen LogP contribution in [0.3, 0.4) is 0 Å². The highest BCUT2D eigenvalue weighted by Gasteiger charge is 2.19. The van der Waals surface area contributed by atoms with E-state index in [1.54, 1.807) is 6.92 Å². The first-order valence-corrected chi connectivity index (χ1v) is 5.38. The lowest BCUT2D eigenvalue weighted by atomic mass is 10.3. The number of nitrogens with one attached hydrogen (secondary N) is 1. The van der Waals surface area contributed by atoms with Crippen LogP contribution < -0.4 is 5.32 Å². The normalized spacial score (nSPS) is 18.6. The van der Waals surface area contributed by atoms with Gasteiger partial charge in [0, 0.05) is 6.54 Å². The van der Waals surface area contributed by atoms with Crippen molar-refractivity contribution in [3.8, 4) is 0 Å². The van der Waals surface area contributed by atoms with Crippen LogP contribution in [0.15, 0.2) is 18.2 Å². The average Bonchev–Trinajstić information content (AvgIpc) is 2.80. The second kappa shape index (κ2) is 5.25. The average molecular weight is 224 g/mol. The van der Waals surface area contributed by atoms with Crippen molar-refractivity contribution < 1.29 is 14.6 Å². The highest BCUT2D eigenvalue weighted by Crippen LogP contribution is 2.22. The molecule has 1 aromatic rings. The maximum atomic E-state index is 9.15. The fraction of sp³-hybridized carbons (Fsp3) is 0.545. The summed E-state index contributed by atoms with van der Waals surface area (Å²) in [5.74, 6) is 0.720. The molecule has 16 heavy (non-hydrogen) atoms. The van der Waals surface area contributed by atoms with Gasteiger partial charge in [-0.15, -0.1) is 0 Å². The summed E-state index contributed by atoms with van der Waals surface area (Å²) in [6, 6.07) is 5.60. The molecule has 88 valence electrons. The second-order valence-corrected chi connectivity index (χ2v) is 3.75. The number of aliphatic hydroxyl groups is 1. The van der Waals surface area contributed by atoms with Crippen LogP contribution in [0.2, 0.25) is 0 Å². The maximum Gasteiger partial charge on any atom is 0.201 e. The van der Waals surface area contributed by atoms with Gasteiger partial charge in [0.1, 0.15) is 5.82 Å². The van der Waals surface area contributed by atoms with Gasteiger partial charge in [-0.1, -0.05) is 6.07 Å². The summed E-state index contributed by atoms with van der Waals surface area (Å²) in [6.45, 7) is 3.41. The number of anilines is 1. The molecule has 1 fully saturated rings. The molecule has 1 aromatic heterocycles. The Labute approximate surface area is 94.4 Å². The maximum absolute atomic E-state index is 9.15. The van der Waals surface area contributed by atoms with E-state index in [0.29, 0.717) is 19.8 Å². The molecule has 2 rings (SSSR count). The molecule has 2 heterocycles. The molecule has 0 aliphatic carbocycles. The molecule has 1 aliphatic rings. The zero-order valence-corrected chi connectivity index (χ0v) is 9.22. The number of aromatic nitrogens is 1. The lowest BCUT2D eigenvalue weighted by Gasteiger charge is -2.11. The lowest BCUT2D eigenvalue weighted by molar-refractivity contribution is -0.0471. The Kier molecular flexibility index (Phi) is 3.71. The molecule has 1 unspecified atom stereocenters. The third-order valence-corrected chi connectivity index (χ3v) is 2.21. The highest BCUT2D eigenvalue weighted by molar-refractivity contribution is 5.35. The Morgan fingerprint density at radius 3 is 2.94 bits per heavy atom. The Morgan fingerprint density at radius 2 is 2.25 bits per heavy atom. The molecule has 1 atom stereocenters. The lowest BCUT2D eigenvalue weighted by Crippen LogP contribution is -2.16. The molecule has 0 saturated carbocycles. The van der Waals surface area contributed by atoms with Crippen molar-refractivity contribution in [2.75, 3.05) is 25.1 Å². The molecule has 1 aliphatic heterocycles. The minimum absolute atomic E-state index is 0.353. The Morgan fingerprint density at radius 1 is 1.50 bits per heavy atom. The number of pyridine rings is 1. The van der Waals surface area contributed by atoms with Crippen LogP contribution in [0, 0.1) is 0 Å². The first-order valence-electron chi connectivity index (χ1n) is 5.38. The van der Waals surface area contributed by atoms with E-state index in [2.05, 4.69) is 10.3 Å². The van der Waals surface area contributed by atoms with Crippen LogP contribution in [-0.2, 0) is 9.47 Å². The predicted molar refractivity (Wildman–Crippen MR) is 59.1 cm³/mol. The van der Waals surface area contributed by atoms with Crippen molar-refractivity contribution in [2.45, 2.75) is 19.3 Å². The summed E-state index contributed by atoms with van der Waals surface area (Å²) >= 11 is 0. The van der Waals surface area contributed by atoms with E-state index in [9.17, 15) is 0 Å². The largest absolute Gasteiger partial charge is 0.392 e. The summed E-state index contributed by atoms with van der Waals surface area (Å²) in [4.78, 5) is 4.35. The van der Waals surface area contributed by atoms with E-state index in [4.69, 9.17) is 14.6 Å². The minimum Gasteiger partial charge on any atom is -0.392 e. The number of hydrogen-bond donors (Lipinski definition) is 2. The van der Waals surface area contributed by atoms with Gasteiger partial charge in [0.2, 0.25) is 6.29 Å². The molecule has 0 bridgehead atoms. The fourth-order valence-electron chi connectivity index (χ4n) is 1.46. The van der Waals surface area contributed by atoms with Gasteiger partial charge >= 0.3 is 0 Å². The highest BCUT2D eigenvalue weighted by atomic mass is 16.7. The topological polar surface area (TPSA) is 63.6 Å². The number of rotatable bonds is 4. The number of hydrogen-bond acceptors (Lipinski definition) is 5. The van der Waals surface area contributed by atoms with Gasteiger partial charge < -0.3 is 19.9 Å². The fourth-order valence-corrected chi connectivity index (χ4v) is 1.46. The van der Waals surface area contributed by atoms with Crippen molar-refractivity contribution in [3.05, 3.63) is 23.9 Å². The third-order valence-electron chi connectivity index (χ3n) is 2.21. The Bertz CT molecular complexity index is 338. The smallest absolute Gasteiger partial charge is 0.201 e. The molecule has 0 amide bonds. The second-order valence-electron chi connectivity index (χ2n) is 3.75. The Hall–Kier alpha value is -1.17. The van der Waals surface area contributed by atoms with E-state index in [0.717, 1.165) is 11.5 Å². The van der Waals surface area contributed by atoms with E-state index in [1.165, 1.54) is 0 Å². The first-order chi connectivity index (χ1) is 7.75. The van der Waals surface area contributed by atoms with Crippen LogP contribution in [0.5, 0.6) is 0 Å². The minimum atomic E-state index is -0.399. The molecule has 5 nitrogen and oxygen atoms in total. The molecular weight excluding hydrogens is 208 g/mol. The van der Waals surface area contributed by atoms with Gasteiger partial charge in [-0.25, -0.2) is 4.98 Å². The van der Waals surface area contributed by atoms with Crippen molar-refractivity contribution in [3.63, 3.8) is 0 Å². The standard InChI is InChI=1S/C11H16N2O3/c1-8(14)7-12-10-4-2-3-9(13-10)11-15-5-6-16-11/h2-4,8,11,14H,5-7H2,1H3,(H,12,13). The molecule has 5 heteroatoms. The quantitative estimate of drug-likeness (QED) is 0.796. The van der Waals surface area contributed by atoms with Crippen LogP contribution >= 0.6 is 0 Å². The van der Waals surface area contributed by atoms with E-state index in [1.807, 2.05) is 18.2 Å². The van der Waals surface area contributed by atoms with Crippen LogP contribution in [0.4, 0.5) is 5.82 Å². The zero-order chi connectivity index (χ0) is 11.4. The van der Waals surface area contributed by atoms with Crippen LogP contribution in [-0.4, -0.2) is 36.0 Å². The van der Waals surface area contributed by atoms with E-state index < -0.39 is 6.10 Å².